The van der Waals surface area contributed by atoms with Crippen LogP contribution in [0.5, 0.6) is 0 Å². The first-order chi connectivity index (χ1) is 6.25. The molecule has 0 spiro atoms. The summed E-state index contributed by atoms with van der Waals surface area (Å²) in [6.45, 7) is 9.69. The Morgan fingerprint density at radius 3 is 2.77 bits per heavy atom. The van der Waals surface area contributed by atoms with E-state index < -0.39 is 0 Å². The molecule has 0 N–H and O–H groups in total. The summed E-state index contributed by atoms with van der Waals surface area (Å²) >= 11 is 0. The van der Waals surface area contributed by atoms with Gasteiger partial charge in [-0.3, -0.25) is 0 Å². The van der Waals surface area contributed by atoms with Crippen LogP contribution in [0.1, 0.15) is 29.5 Å². The van der Waals surface area contributed by atoms with Gasteiger partial charge in [0.2, 0.25) is 0 Å². The van der Waals surface area contributed by atoms with Crippen LogP contribution in [0, 0.1) is 20.4 Å². The van der Waals surface area contributed by atoms with Crippen molar-refractivity contribution in [3.63, 3.8) is 0 Å². The lowest BCUT2D eigenvalue weighted by Crippen LogP contribution is -1.91. The van der Waals surface area contributed by atoms with E-state index in [1.807, 2.05) is 0 Å². The minimum absolute atomic E-state index is 1.01. The second kappa shape index (κ2) is 4.86. The summed E-state index contributed by atoms with van der Waals surface area (Å²) in [7, 11) is 0. The molecule has 0 fully saturated rings. The summed E-state index contributed by atoms with van der Waals surface area (Å²) in [5.74, 6) is 0. The third kappa shape index (κ3) is 2.73. The average molecular weight is 173 g/mol. The van der Waals surface area contributed by atoms with Crippen LogP contribution >= 0.6 is 0 Å². The number of unbranched alkanes of at least 4 members (excludes halogenated alkanes) is 1. The number of benzene rings is 1. The van der Waals surface area contributed by atoms with Gasteiger partial charge in [0.1, 0.15) is 0 Å². The molecule has 0 aliphatic heterocycles. The predicted octanol–water partition coefficient (Wildman–Crippen LogP) is 3.62. The molecule has 1 aromatic carbocycles. The van der Waals surface area contributed by atoms with Crippen molar-refractivity contribution in [2.24, 2.45) is 0 Å². The molecule has 0 aliphatic rings. The van der Waals surface area contributed by atoms with Crippen LogP contribution in [-0.2, 0) is 6.42 Å². The molecule has 13 heavy (non-hydrogen) atoms. The molecule has 0 heterocycles. The fourth-order valence-electron chi connectivity index (χ4n) is 1.49. The van der Waals surface area contributed by atoms with Gasteiger partial charge >= 0.3 is 0 Å². The van der Waals surface area contributed by atoms with Crippen LogP contribution in [0.2, 0.25) is 0 Å². The van der Waals surface area contributed by atoms with E-state index in [4.69, 9.17) is 6.58 Å². The van der Waals surface area contributed by atoms with Gasteiger partial charge in [0.05, 0.1) is 0 Å². The van der Waals surface area contributed by atoms with Crippen LogP contribution < -0.4 is 0 Å². The van der Waals surface area contributed by atoms with E-state index in [0.29, 0.717) is 0 Å². The van der Waals surface area contributed by atoms with Gasteiger partial charge in [0.25, 0.3) is 0 Å². The number of allylic oxidation sites excluding steroid dienone is 1. The topological polar surface area (TPSA) is 0 Å². The average Bonchev–Trinajstić information content (AvgIpc) is 2.13. The number of hydrogen-bond donors (Lipinski definition) is 0. The highest BCUT2D eigenvalue weighted by atomic mass is 14.0. The maximum Gasteiger partial charge on any atom is -0.0273 e. The monoisotopic (exact) mass is 173 g/mol. The lowest BCUT2D eigenvalue weighted by atomic mass is 9.99. The Kier molecular flexibility index (Phi) is 3.75. The number of rotatable bonds is 4. The summed E-state index contributed by atoms with van der Waals surface area (Å²) in [6.07, 6.45) is 5.04. The normalized spacial score (nSPS) is 10.0. The number of hydrogen-bond acceptors (Lipinski definition) is 0. The quantitative estimate of drug-likeness (QED) is 0.610. The highest BCUT2D eigenvalue weighted by molar-refractivity contribution is 5.33. The Morgan fingerprint density at radius 1 is 1.31 bits per heavy atom. The van der Waals surface area contributed by atoms with Crippen molar-refractivity contribution >= 4 is 0 Å². The molecule has 1 radical (unpaired) electrons. The molecule has 0 aromatic heterocycles. The summed E-state index contributed by atoms with van der Waals surface area (Å²) in [5, 5.41) is 0. The molecule has 1 aromatic rings. The van der Waals surface area contributed by atoms with Crippen LogP contribution in [-0.4, -0.2) is 0 Å². The Morgan fingerprint density at radius 2 is 2.08 bits per heavy atom. The molecular formula is C13H17. The van der Waals surface area contributed by atoms with Gasteiger partial charge < -0.3 is 0 Å². The van der Waals surface area contributed by atoms with Crippen LogP contribution in [0.15, 0.2) is 24.3 Å². The zero-order valence-electron chi connectivity index (χ0n) is 8.51. The second-order valence-electron chi connectivity index (χ2n) is 3.49. The SMILES string of the molecule is [CH]=CCCCc1cccc(C)c1C. The van der Waals surface area contributed by atoms with E-state index in [2.05, 4.69) is 32.0 Å². The van der Waals surface area contributed by atoms with Crippen LogP contribution in [0.4, 0.5) is 0 Å². The predicted molar refractivity (Wildman–Crippen MR) is 57.7 cm³/mol. The van der Waals surface area contributed by atoms with Crippen molar-refractivity contribution in [1.29, 1.82) is 0 Å². The maximum absolute atomic E-state index is 5.34. The van der Waals surface area contributed by atoms with Gasteiger partial charge in [-0.25, -0.2) is 0 Å². The summed E-state index contributed by atoms with van der Waals surface area (Å²) in [5.41, 5.74) is 4.27. The molecule has 0 atom stereocenters. The van der Waals surface area contributed by atoms with Gasteiger partial charge in [0, 0.05) is 0 Å². The Hall–Kier alpha value is -1.04. The van der Waals surface area contributed by atoms with Gasteiger partial charge in [-0.2, -0.15) is 0 Å². The Bertz CT molecular complexity index is 284. The van der Waals surface area contributed by atoms with E-state index in [9.17, 15) is 0 Å². The van der Waals surface area contributed by atoms with E-state index in [0.717, 1.165) is 19.3 Å². The van der Waals surface area contributed by atoms with E-state index in [1.54, 1.807) is 6.08 Å². The first-order valence-corrected chi connectivity index (χ1v) is 4.84. The van der Waals surface area contributed by atoms with Crippen molar-refractivity contribution in [3.8, 4) is 0 Å². The van der Waals surface area contributed by atoms with E-state index in [1.165, 1.54) is 16.7 Å². The highest BCUT2D eigenvalue weighted by Crippen LogP contribution is 2.14. The standard InChI is InChI=1S/C13H17/c1-4-5-6-9-13-10-7-8-11(2)12(13)3/h1,4,7-8,10H,5-6,9H2,2-3H3. The van der Waals surface area contributed by atoms with Gasteiger partial charge in [-0.05, 0) is 49.8 Å². The molecule has 69 valence electrons. The van der Waals surface area contributed by atoms with Gasteiger partial charge in [-0.1, -0.05) is 30.9 Å². The highest BCUT2D eigenvalue weighted by Gasteiger charge is 1.98. The fraction of sp³-hybridized carbons (Fsp3) is 0.385. The first-order valence-electron chi connectivity index (χ1n) is 4.84. The molecule has 0 saturated heterocycles. The molecule has 0 aliphatic carbocycles. The molecule has 0 unspecified atom stereocenters. The minimum atomic E-state index is 1.01. The van der Waals surface area contributed by atoms with E-state index >= 15 is 0 Å². The molecule has 0 bridgehead atoms. The number of aryl methyl sites for hydroxylation is 2. The molecule has 0 saturated carbocycles. The minimum Gasteiger partial charge on any atom is -0.0845 e. The van der Waals surface area contributed by atoms with Crippen molar-refractivity contribution in [3.05, 3.63) is 47.5 Å². The smallest absolute Gasteiger partial charge is 0.0273 e. The van der Waals surface area contributed by atoms with E-state index in [-0.39, 0.29) is 0 Å². The second-order valence-corrected chi connectivity index (χ2v) is 3.49. The molecule has 0 nitrogen and oxygen atoms in total. The third-order valence-corrected chi connectivity index (χ3v) is 2.53. The van der Waals surface area contributed by atoms with Crippen molar-refractivity contribution in [2.45, 2.75) is 33.1 Å². The van der Waals surface area contributed by atoms with Crippen molar-refractivity contribution < 1.29 is 0 Å². The molecule has 0 amide bonds. The zero-order valence-corrected chi connectivity index (χ0v) is 8.51. The van der Waals surface area contributed by atoms with Crippen molar-refractivity contribution in [1.82, 2.24) is 0 Å². The lowest BCUT2D eigenvalue weighted by molar-refractivity contribution is 0.836. The molecule has 1 rings (SSSR count). The van der Waals surface area contributed by atoms with Crippen LogP contribution in [0.3, 0.4) is 0 Å². The fourth-order valence-corrected chi connectivity index (χ4v) is 1.49. The largest absolute Gasteiger partial charge is 0.0845 e. The van der Waals surface area contributed by atoms with Crippen molar-refractivity contribution in [2.75, 3.05) is 0 Å². The van der Waals surface area contributed by atoms with Gasteiger partial charge in [-0.15, -0.1) is 0 Å². The maximum atomic E-state index is 5.34. The van der Waals surface area contributed by atoms with Gasteiger partial charge in [0.15, 0.2) is 0 Å². The summed E-state index contributed by atoms with van der Waals surface area (Å²) in [4.78, 5) is 0. The summed E-state index contributed by atoms with van der Waals surface area (Å²) in [6, 6.07) is 6.50. The Labute approximate surface area is 81.3 Å². The molecular weight excluding hydrogens is 156 g/mol. The first kappa shape index (κ1) is 10.0. The zero-order chi connectivity index (χ0) is 9.68. The van der Waals surface area contributed by atoms with Crippen LogP contribution in [0.25, 0.3) is 0 Å². The summed E-state index contributed by atoms with van der Waals surface area (Å²) < 4.78 is 0. The Balaban J connectivity index is 2.65. The third-order valence-electron chi connectivity index (χ3n) is 2.53. The lowest BCUT2D eigenvalue weighted by Gasteiger charge is -2.07. The molecule has 0 heteroatoms.